The summed E-state index contributed by atoms with van der Waals surface area (Å²) in [6.45, 7) is 0.865. The van der Waals surface area contributed by atoms with E-state index in [0.717, 1.165) is 17.9 Å². The van der Waals surface area contributed by atoms with E-state index in [1.165, 1.54) is 18.3 Å². The summed E-state index contributed by atoms with van der Waals surface area (Å²) in [6.07, 6.45) is -2.30. The molecule has 0 unspecified atom stereocenters. The summed E-state index contributed by atoms with van der Waals surface area (Å²) in [6, 6.07) is 14.1. The summed E-state index contributed by atoms with van der Waals surface area (Å²) in [5.41, 5.74) is -0.146. The zero-order valence-electron chi connectivity index (χ0n) is 12.3. The van der Waals surface area contributed by atoms with Gasteiger partial charge in [0.25, 0.3) is 0 Å². The van der Waals surface area contributed by atoms with Crippen molar-refractivity contribution in [2.45, 2.75) is 12.6 Å². The summed E-state index contributed by atoms with van der Waals surface area (Å²) >= 11 is 0. The fourth-order valence-electron chi connectivity index (χ4n) is 1.74. The lowest BCUT2D eigenvalue weighted by atomic mass is 10.1. The number of benzene rings is 2. The zero-order valence-corrected chi connectivity index (χ0v) is 12.3. The van der Waals surface area contributed by atoms with E-state index in [-0.39, 0.29) is 0 Å². The van der Waals surface area contributed by atoms with Crippen molar-refractivity contribution in [3.63, 3.8) is 0 Å². The van der Waals surface area contributed by atoms with Crippen LogP contribution in [0.5, 0.6) is 5.75 Å². The number of hydrogen-bond donors (Lipinski definition) is 0. The molecule has 0 aliphatic heterocycles. The number of para-hydroxylation sites is 1. The van der Waals surface area contributed by atoms with Crippen molar-refractivity contribution < 1.29 is 22.7 Å². The molecule has 0 heterocycles. The van der Waals surface area contributed by atoms with Crippen molar-refractivity contribution in [2.24, 2.45) is 5.16 Å². The van der Waals surface area contributed by atoms with Crippen LogP contribution in [0.25, 0.3) is 0 Å². The Morgan fingerprint density at radius 3 is 2.26 bits per heavy atom. The molecule has 0 fully saturated rings. The first-order valence-electron chi connectivity index (χ1n) is 7.06. The monoisotopic (exact) mass is 323 g/mol. The van der Waals surface area contributed by atoms with E-state index in [1.54, 1.807) is 0 Å². The highest BCUT2D eigenvalue weighted by Crippen LogP contribution is 2.28. The van der Waals surface area contributed by atoms with Crippen LogP contribution in [0, 0.1) is 0 Å². The van der Waals surface area contributed by atoms with Gasteiger partial charge in [-0.1, -0.05) is 35.5 Å². The lowest BCUT2D eigenvalue weighted by Crippen LogP contribution is -2.04. The molecule has 0 radical (unpaired) electrons. The summed E-state index contributed by atoms with van der Waals surface area (Å²) in [4.78, 5) is 5.04. The van der Waals surface area contributed by atoms with Crippen molar-refractivity contribution in [3.8, 4) is 5.75 Å². The summed E-state index contributed by atoms with van der Waals surface area (Å²) in [5.74, 6) is 0.792. The van der Waals surface area contributed by atoms with Crippen LogP contribution in [0.15, 0.2) is 59.8 Å². The Bertz CT molecular complexity index is 610. The third-order valence-corrected chi connectivity index (χ3v) is 2.91. The lowest BCUT2D eigenvalue weighted by molar-refractivity contribution is -0.137. The molecule has 2 rings (SSSR count). The molecule has 23 heavy (non-hydrogen) atoms. The molecule has 0 bridgehead atoms. The van der Waals surface area contributed by atoms with Crippen LogP contribution in [0.1, 0.15) is 17.5 Å². The van der Waals surface area contributed by atoms with Crippen molar-refractivity contribution >= 4 is 6.21 Å². The van der Waals surface area contributed by atoms with Crippen LogP contribution in [0.2, 0.25) is 0 Å². The second-order valence-corrected chi connectivity index (χ2v) is 4.70. The Kier molecular flexibility index (Phi) is 6.02. The average Bonchev–Trinajstić information content (AvgIpc) is 2.54. The maximum Gasteiger partial charge on any atom is 0.416 e. The van der Waals surface area contributed by atoms with Gasteiger partial charge in [-0.2, -0.15) is 13.2 Å². The highest BCUT2D eigenvalue weighted by molar-refractivity contribution is 5.79. The summed E-state index contributed by atoms with van der Waals surface area (Å²) in [7, 11) is 0. The van der Waals surface area contributed by atoms with Gasteiger partial charge < -0.3 is 9.57 Å². The molecule has 6 heteroatoms. The maximum atomic E-state index is 12.4. The molecule has 0 aromatic heterocycles. The number of hydrogen-bond acceptors (Lipinski definition) is 3. The molecule has 0 atom stereocenters. The molecule has 2 aromatic carbocycles. The largest absolute Gasteiger partial charge is 0.493 e. The van der Waals surface area contributed by atoms with Crippen LogP contribution in [-0.2, 0) is 11.0 Å². The predicted octanol–water partition coefficient (Wildman–Crippen LogP) is 4.53. The van der Waals surface area contributed by atoms with E-state index in [2.05, 4.69) is 5.16 Å². The normalized spacial score (nSPS) is 11.6. The van der Waals surface area contributed by atoms with Gasteiger partial charge in [-0.3, -0.25) is 0 Å². The third-order valence-electron chi connectivity index (χ3n) is 2.91. The summed E-state index contributed by atoms with van der Waals surface area (Å²) < 4.78 is 42.7. The first kappa shape index (κ1) is 16.9. The first-order valence-corrected chi connectivity index (χ1v) is 7.06. The van der Waals surface area contributed by atoms with Crippen molar-refractivity contribution in [3.05, 3.63) is 65.7 Å². The molecule has 0 amide bonds. The van der Waals surface area contributed by atoms with Gasteiger partial charge in [0.15, 0.2) is 0 Å². The van der Waals surface area contributed by atoms with Crippen LogP contribution in [0.4, 0.5) is 13.2 Å². The van der Waals surface area contributed by atoms with Crippen LogP contribution < -0.4 is 4.74 Å². The standard InChI is InChI=1S/C17H16F3NO2/c18-17(19,20)15-9-7-14(8-10-15)13-21-23-12-4-11-22-16-5-2-1-3-6-16/h1-3,5-10,13H,4,11-12H2/b21-13+. The highest BCUT2D eigenvalue weighted by atomic mass is 19.4. The lowest BCUT2D eigenvalue weighted by Gasteiger charge is -2.06. The van der Waals surface area contributed by atoms with E-state index in [0.29, 0.717) is 25.2 Å². The molecule has 0 aliphatic rings. The fraction of sp³-hybridized carbons (Fsp3) is 0.235. The molecular weight excluding hydrogens is 307 g/mol. The van der Waals surface area contributed by atoms with Gasteiger partial charge in [-0.05, 0) is 29.8 Å². The third kappa shape index (κ3) is 6.02. The first-order chi connectivity index (χ1) is 11.1. The van der Waals surface area contributed by atoms with Crippen molar-refractivity contribution in [1.29, 1.82) is 0 Å². The van der Waals surface area contributed by atoms with E-state index in [4.69, 9.17) is 9.57 Å². The number of alkyl halides is 3. The Morgan fingerprint density at radius 2 is 1.61 bits per heavy atom. The SMILES string of the molecule is FC(F)(F)c1ccc(/C=N/OCCCOc2ccccc2)cc1. The molecule has 0 N–H and O–H groups in total. The Morgan fingerprint density at radius 1 is 0.913 bits per heavy atom. The second kappa shape index (κ2) is 8.22. The van der Waals surface area contributed by atoms with Crippen molar-refractivity contribution in [1.82, 2.24) is 0 Å². The number of rotatable bonds is 7. The second-order valence-electron chi connectivity index (χ2n) is 4.70. The fourth-order valence-corrected chi connectivity index (χ4v) is 1.74. The van der Waals surface area contributed by atoms with Crippen LogP contribution in [-0.4, -0.2) is 19.4 Å². The van der Waals surface area contributed by atoms with Crippen molar-refractivity contribution in [2.75, 3.05) is 13.2 Å². The van der Waals surface area contributed by atoms with Crippen LogP contribution in [0.3, 0.4) is 0 Å². The summed E-state index contributed by atoms with van der Waals surface area (Å²) in [5, 5.41) is 3.72. The molecule has 122 valence electrons. The predicted molar refractivity (Wildman–Crippen MR) is 81.5 cm³/mol. The Hall–Kier alpha value is -2.50. The van der Waals surface area contributed by atoms with Gasteiger partial charge in [0.2, 0.25) is 0 Å². The van der Waals surface area contributed by atoms with Gasteiger partial charge in [-0.15, -0.1) is 0 Å². The topological polar surface area (TPSA) is 30.8 Å². The van der Waals surface area contributed by atoms with E-state index >= 15 is 0 Å². The molecule has 0 spiro atoms. The highest BCUT2D eigenvalue weighted by Gasteiger charge is 2.29. The molecule has 0 saturated heterocycles. The average molecular weight is 323 g/mol. The minimum absolute atomic E-state index is 0.365. The smallest absolute Gasteiger partial charge is 0.416 e. The van der Waals surface area contributed by atoms with Gasteiger partial charge in [0.05, 0.1) is 18.4 Å². The van der Waals surface area contributed by atoms with E-state index in [9.17, 15) is 13.2 Å². The van der Waals surface area contributed by atoms with E-state index in [1.807, 2.05) is 30.3 Å². The quantitative estimate of drug-likeness (QED) is 0.426. The maximum absolute atomic E-state index is 12.4. The molecule has 0 aliphatic carbocycles. The van der Waals surface area contributed by atoms with E-state index < -0.39 is 11.7 Å². The molecular formula is C17H16F3NO2. The van der Waals surface area contributed by atoms with Gasteiger partial charge in [-0.25, -0.2) is 0 Å². The zero-order chi connectivity index (χ0) is 16.5. The number of halogens is 3. The van der Waals surface area contributed by atoms with Gasteiger partial charge >= 0.3 is 6.18 Å². The number of oxime groups is 1. The molecule has 0 saturated carbocycles. The number of ether oxygens (including phenoxy) is 1. The Balaban J connectivity index is 1.65. The van der Waals surface area contributed by atoms with Gasteiger partial charge in [0.1, 0.15) is 12.4 Å². The van der Waals surface area contributed by atoms with Crippen LogP contribution >= 0.6 is 0 Å². The minimum atomic E-state index is -4.33. The minimum Gasteiger partial charge on any atom is -0.493 e. The Labute approximate surface area is 132 Å². The molecule has 2 aromatic rings. The van der Waals surface area contributed by atoms with Gasteiger partial charge in [0, 0.05) is 6.42 Å². The molecule has 3 nitrogen and oxygen atoms in total. The number of nitrogens with zero attached hydrogens (tertiary/aromatic N) is 1.